The molecule has 0 N–H and O–H groups in total. The number of hydrogen-bond acceptors (Lipinski definition) is 5. The molecule has 1 heterocycles. The highest BCUT2D eigenvalue weighted by molar-refractivity contribution is 6.31. The van der Waals surface area contributed by atoms with Gasteiger partial charge in [-0.15, -0.1) is 0 Å². The summed E-state index contributed by atoms with van der Waals surface area (Å²) in [6, 6.07) is 7.14. The van der Waals surface area contributed by atoms with Crippen molar-refractivity contribution in [3.05, 3.63) is 46.1 Å². The third kappa shape index (κ3) is 3.36. The van der Waals surface area contributed by atoms with E-state index in [1.54, 1.807) is 39.0 Å². The fourth-order valence-electron chi connectivity index (χ4n) is 3.01. The normalized spacial score (nSPS) is 20.5. The lowest BCUT2D eigenvalue weighted by atomic mass is 9.75. The Balaban J connectivity index is 2.68. The maximum atomic E-state index is 12.5. The molecule has 0 amide bonds. The number of rotatable bonds is 4. The highest BCUT2D eigenvalue weighted by Crippen LogP contribution is 2.42. The van der Waals surface area contributed by atoms with Crippen LogP contribution in [0.2, 0.25) is 5.02 Å². The van der Waals surface area contributed by atoms with Crippen LogP contribution in [0.15, 0.2) is 40.5 Å². The van der Waals surface area contributed by atoms with Crippen molar-refractivity contribution in [2.45, 2.75) is 26.7 Å². The average Bonchev–Trinajstić information content (AvgIpc) is 2.54. The number of hydrogen-bond donors (Lipinski definition) is 0. The monoisotopic (exact) mass is 349 g/mol. The lowest BCUT2D eigenvalue weighted by molar-refractivity contribution is -0.144. The zero-order valence-electron chi connectivity index (χ0n) is 14.1. The number of halogens is 1. The van der Waals surface area contributed by atoms with Crippen LogP contribution in [0, 0.1) is 5.92 Å². The Kier molecular flexibility index (Phi) is 5.78. The van der Waals surface area contributed by atoms with Crippen LogP contribution < -0.4 is 0 Å². The van der Waals surface area contributed by atoms with Crippen LogP contribution >= 0.6 is 11.6 Å². The third-order valence-corrected chi connectivity index (χ3v) is 4.36. The summed E-state index contributed by atoms with van der Waals surface area (Å²) in [6.07, 6.45) is 0. The Labute approximate surface area is 146 Å². The van der Waals surface area contributed by atoms with E-state index in [0.717, 1.165) is 0 Å². The molecule has 0 bridgehead atoms. The molecular weight excluding hydrogens is 330 g/mol. The highest BCUT2D eigenvalue weighted by atomic mass is 35.5. The van der Waals surface area contributed by atoms with Gasteiger partial charge in [-0.3, -0.25) is 9.79 Å². The number of methoxy groups -OCH3 is 1. The molecule has 1 aliphatic heterocycles. The van der Waals surface area contributed by atoms with Gasteiger partial charge in [0, 0.05) is 22.3 Å². The summed E-state index contributed by atoms with van der Waals surface area (Å²) >= 11 is 6.35. The fourth-order valence-corrected chi connectivity index (χ4v) is 3.26. The third-order valence-electron chi connectivity index (χ3n) is 4.02. The van der Waals surface area contributed by atoms with Gasteiger partial charge in [-0.05, 0) is 32.4 Å². The molecule has 0 saturated carbocycles. The number of benzene rings is 1. The molecule has 2 rings (SSSR count). The van der Waals surface area contributed by atoms with Crippen molar-refractivity contribution < 1.29 is 19.1 Å². The van der Waals surface area contributed by atoms with Gasteiger partial charge in [0.2, 0.25) is 0 Å². The van der Waals surface area contributed by atoms with Gasteiger partial charge in [0.15, 0.2) is 0 Å². The van der Waals surface area contributed by atoms with Crippen molar-refractivity contribution >= 4 is 29.3 Å². The topological polar surface area (TPSA) is 65.0 Å². The molecule has 0 aromatic heterocycles. The first-order valence-corrected chi connectivity index (χ1v) is 8.05. The van der Waals surface area contributed by atoms with Gasteiger partial charge in [-0.1, -0.05) is 29.8 Å². The van der Waals surface area contributed by atoms with Crippen molar-refractivity contribution in [1.29, 1.82) is 0 Å². The summed E-state index contributed by atoms with van der Waals surface area (Å²) < 4.78 is 10.1. The molecule has 2 unspecified atom stereocenters. The number of nitrogens with zero attached hydrogens (tertiary/aromatic N) is 1. The molecule has 24 heavy (non-hydrogen) atoms. The summed E-state index contributed by atoms with van der Waals surface area (Å²) in [7, 11) is 1.31. The van der Waals surface area contributed by atoms with Crippen molar-refractivity contribution in [2.24, 2.45) is 10.9 Å². The standard InChI is InChI=1S/C18H20ClNO4/c1-5-24-18(22)15-11(3)20-10(2)14(17(21)23-4)16(15)12-8-6-7-9-13(12)19/h6-9,14,16H,5H2,1-4H3. The zero-order valence-corrected chi connectivity index (χ0v) is 14.9. The van der Waals surface area contributed by atoms with E-state index in [1.165, 1.54) is 7.11 Å². The van der Waals surface area contributed by atoms with Gasteiger partial charge in [-0.2, -0.15) is 0 Å². The minimum atomic E-state index is -0.724. The van der Waals surface area contributed by atoms with E-state index < -0.39 is 23.8 Å². The summed E-state index contributed by atoms with van der Waals surface area (Å²) in [5.74, 6) is -2.28. The van der Waals surface area contributed by atoms with E-state index in [4.69, 9.17) is 21.1 Å². The van der Waals surface area contributed by atoms with Crippen LogP contribution in [0.5, 0.6) is 0 Å². The van der Waals surface area contributed by atoms with Crippen molar-refractivity contribution in [2.75, 3.05) is 13.7 Å². The molecule has 128 valence electrons. The maximum Gasteiger partial charge on any atom is 0.336 e. The van der Waals surface area contributed by atoms with Crippen LogP contribution in [-0.4, -0.2) is 31.4 Å². The Hall–Kier alpha value is -2.14. The second-order valence-corrected chi connectivity index (χ2v) is 5.88. The van der Waals surface area contributed by atoms with E-state index in [0.29, 0.717) is 27.6 Å². The van der Waals surface area contributed by atoms with Crippen molar-refractivity contribution in [3.8, 4) is 0 Å². The number of allylic oxidation sites excluding steroid dienone is 1. The number of esters is 2. The van der Waals surface area contributed by atoms with Crippen molar-refractivity contribution in [1.82, 2.24) is 0 Å². The molecule has 0 saturated heterocycles. The van der Waals surface area contributed by atoms with Gasteiger partial charge in [-0.25, -0.2) is 4.79 Å². The molecule has 2 atom stereocenters. The molecule has 5 nitrogen and oxygen atoms in total. The highest BCUT2D eigenvalue weighted by Gasteiger charge is 2.42. The van der Waals surface area contributed by atoms with Crippen molar-refractivity contribution in [3.63, 3.8) is 0 Å². The molecule has 1 aromatic carbocycles. The Morgan fingerprint density at radius 3 is 2.50 bits per heavy atom. The quantitative estimate of drug-likeness (QED) is 0.780. The molecule has 1 aliphatic rings. The number of aliphatic imine (C=N–C) groups is 1. The van der Waals surface area contributed by atoms with E-state index in [9.17, 15) is 9.59 Å². The summed E-state index contributed by atoms with van der Waals surface area (Å²) in [5.41, 5.74) is 2.12. The fraction of sp³-hybridized carbons (Fsp3) is 0.389. The predicted molar refractivity (Wildman–Crippen MR) is 92.1 cm³/mol. The SMILES string of the molecule is CCOC(=O)C1=C(C)N=C(C)C(C(=O)OC)C1c1ccccc1Cl. The van der Waals surface area contributed by atoms with E-state index in [1.807, 2.05) is 6.07 Å². The van der Waals surface area contributed by atoms with Gasteiger partial charge in [0.25, 0.3) is 0 Å². The zero-order chi connectivity index (χ0) is 17.9. The van der Waals surface area contributed by atoms with Gasteiger partial charge in [0.05, 0.1) is 19.3 Å². The smallest absolute Gasteiger partial charge is 0.336 e. The number of carbonyl (C=O) groups excluding carboxylic acids is 2. The molecular formula is C18H20ClNO4. The summed E-state index contributed by atoms with van der Waals surface area (Å²) in [4.78, 5) is 29.3. The van der Waals surface area contributed by atoms with E-state index in [-0.39, 0.29) is 6.61 Å². The van der Waals surface area contributed by atoms with Gasteiger partial charge >= 0.3 is 11.9 Å². The molecule has 0 aliphatic carbocycles. The lowest BCUT2D eigenvalue weighted by Crippen LogP contribution is -2.36. The average molecular weight is 350 g/mol. The van der Waals surface area contributed by atoms with Crippen LogP contribution in [-0.2, 0) is 19.1 Å². The number of carbonyl (C=O) groups is 2. The summed E-state index contributed by atoms with van der Waals surface area (Å²) in [6.45, 7) is 5.44. The molecule has 1 aromatic rings. The Morgan fingerprint density at radius 2 is 1.92 bits per heavy atom. The maximum absolute atomic E-state index is 12.5. The molecule has 6 heteroatoms. The first-order chi connectivity index (χ1) is 11.4. The van der Waals surface area contributed by atoms with Crippen LogP contribution in [0.3, 0.4) is 0 Å². The predicted octanol–water partition coefficient (Wildman–Crippen LogP) is 3.52. The van der Waals surface area contributed by atoms with Crippen LogP contribution in [0.1, 0.15) is 32.3 Å². The first-order valence-electron chi connectivity index (χ1n) is 7.67. The minimum absolute atomic E-state index is 0.233. The van der Waals surface area contributed by atoms with Crippen LogP contribution in [0.25, 0.3) is 0 Å². The van der Waals surface area contributed by atoms with E-state index in [2.05, 4.69) is 4.99 Å². The van der Waals surface area contributed by atoms with Gasteiger partial charge in [0.1, 0.15) is 5.92 Å². The molecule has 0 radical (unpaired) electrons. The first kappa shape index (κ1) is 18.2. The Bertz CT molecular complexity index is 723. The largest absolute Gasteiger partial charge is 0.468 e. The molecule has 0 spiro atoms. The number of ether oxygens (including phenoxy) is 2. The second-order valence-electron chi connectivity index (χ2n) is 5.47. The summed E-state index contributed by atoms with van der Waals surface area (Å²) in [5, 5.41) is 0.473. The lowest BCUT2D eigenvalue weighted by Gasteiger charge is -2.31. The van der Waals surface area contributed by atoms with Gasteiger partial charge < -0.3 is 9.47 Å². The minimum Gasteiger partial charge on any atom is -0.468 e. The van der Waals surface area contributed by atoms with Crippen LogP contribution in [0.4, 0.5) is 0 Å². The molecule has 0 fully saturated rings. The second kappa shape index (κ2) is 7.62. The van der Waals surface area contributed by atoms with E-state index >= 15 is 0 Å². The Morgan fingerprint density at radius 1 is 1.25 bits per heavy atom.